The van der Waals surface area contributed by atoms with Crippen LogP contribution in [0.5, 0.6) is 0 Å². The van der Waals surface area contributed by atoms with E-state index in [1.807, 2.05) is 18.7 Å². The molecule has 0 aliphatic carbocycles. The predicted octanol–water partition coefficient (Wildman–Crippen LogP) is 1.50. The molecule has 0 spiro atoms. The summed E-state index contributed by atoms with van der Waals surface area (Å²) >= 11 is 0. The lowest BCUT2D eigenvalue weighted by molar-refractivity contribution is -0.383. The standard InChI is InChI=1S/C13H15N5O4/c1-3-7(2)16-5-4-8-10(13(19)20)15-11-9(18(21)22)6-14-17(11)12(8)16/h6-7H,3-5H2,1-2H3,(H,19,20). The van der Waals surface area contributed by atoms with Gasteiger partial charge in [0.2, 0.25) is 5.65 Å². The lowest BCUT2D eigenvalue weighted by Crippen LogP contribution is -2.32. The summed E-state index contributed by atoms with van der Waals surface area (Å²) in [4.78, 5) is 28.0. The quantitative estimate of drug-likeness (QED) is 0.672. The van der Waals surface area contributed by atoms with E-state index in [4.69, 9.17) is 0 Å². The number of rotatable bonds is 4. The maximum atomic E-state index is 11.5. The van der Waals surface area contributed by atoms with Gasteiger partial charge in [-0.05, 0) is 19.8 Å². The van der Waals surface area contributed by atoms with Gasteiger partial charge in [0.25, 0.3) is 0 Å². The van der Waals surface area contributed by atoms with Crippen LogP contribution < -0.4 is 4.90 Å². The van der Waals surface area contributed by atoms with Gasteiger partial charge < -0.3 is 10.0 Å². The van der Waals surface area contributed by atoms with Crippen molar-refractivity contribution >= 4 is 23.1 Å². The van der Waals surface area contributed by atoms with Crippen molar-refractivity contribution in [3.8, 4) is 0 Å². The fourth-order valence-electron chi connectivity index (χ4n) is 2.82. The normalized spacial score (nSPS) is 15.1. The molecule has 2 aromatic heterocycles. The number of aromatic carboxylic acids is 1. The van der Waals surface area contributed by atoms with E-state index in [0.717, 1.165) is 12.6 Å². The molecule has 1 atom stereocenters. The van der Waals surface area contributed by atoms with Gasteiger partial charge >= 0.3 is 11.7 Å². The average Bonchev–Trinajstić information content (AvgIpc) is 3.08. The Balaban J connectivity index is 2.34. The van der Waals surface area contributed by atoms with E-state index in [1.54, 1.807) is 0 Å². The van der Waals surface area contributed by atoms with E-state index < -0.39 is 10.9 Å². The monoisotopic (exact) mass is 305 g/mol. The van der Waals surface area contributed by atoms with Gasteiger partial charge in [0.1, 0.15) is 12.0 Å². The Morgan fingerprint density at radius 2 is 2.32 bits per heavy atom. The molecule has 1 unspecified atom stereocenters. The summed E-state index contributed by atoms with van der Waals surface area (Å²) in [6.07, 6.45) is 2.52. The molecule has 9 nitrogen and oxygen atoms in total. The number of nitrogens with zero attached hydrogens (tertiary/aromatic N) is 5. The Morgan fingerprint density at radius 3 is 2.91 bits per heavy atom. The minimum Gasteiger partial charge on any atom is -0.476 e. The molecule has 0 saturated heterocycles. The van der Waals surface area contributed by atoms with Crippen molar-refractivity contribution in [1.82, 2.24) is 14.6 Å². The number of fused-ring (bicyclic) bond motifs is 3. The highest BCUT2D eigenvalue weighted by molar-refractivity contribution is 5.91. The highest BCUT2D eigenvalue weighted by Crippen LogP contribution is 2.34. The second-order valence-electron chi connectivity index (χ2n) is 5.29. The van der Waals surface area contributed by atoms with Crippen LogP contribution in [0.25, 0.3) is 5.65 Å². The first kappa shape index (κ1) is 14.2. The molecule has 1 aliphatic heterocycles. The fourth-order valence-corrected chi connectivity index (χ4v) is 2.82. The third-order valence-electron chi connectivity index (χ3n) is 4.10. The lowest BCUT2D eigenvalue weighted by atomic mass is 10.2. The molecule has 0 saturated carbocycles. The first-order valence-electron chi connectivity index (χ1n) is 7.00. The SMILES string of the molecule is CCC(C)N1CCc2c(C(=O)O)nc3c([N+](=O)[O-])cnn3c21. The molecule has 3 heterocycles. The molecule has 22 heavy (non-hydrogen) atoms. The Morgan fingerprint density at radius 1 is 1.59 bits per heavy atom. The topological polar surface area (TPSA) is 114 Å². The van der Waals surface area contributed by atoms with Gasteiger partial charge in [-0.1, -0.05) is 6.92 Å². The zero-order chi connectivity index (χ0) is 16.0. The maximum Gasteiger partial charge on any atom is 0.355 e. The van der Waals surface area contributed by atoms with Crippen molar-refractivity contribution in [1.29, 1.82) is 0 Å². The van der Waals surface area contributed by atoms with E-state index >= 15 is 0 Å². The van der Waals surface area contributed by atoms with Crippen LogP contribution in [0.1, 0.15) is 36.3 Å². The van der Waals surface area contributed by atoms with Gasteiger partial charge in [0, 0.05) is 18.2 Å². The fraction of sp³-hybridized carbons (Fsp3) is 0.462. The maximum absolute atomic E-state index is 11.5. The van der Waals surface area contributed by atoms with Crippen molar-refractivity contribution in [3.63, 3.8) is 0 Å². The minimum atomic E-state index is -1.18. The van der Waals surface area contributed by atoms with Gasteiger partial charge in [0.15, 0.2) is 5.69 Å². The number of carboxylic acid groups (broad SMARTS) is 1. The minimum absolute atomic E-state index is 0.0312. The lowest BCUT2D eigenvalue weighted by Gasteiger charge is -2.26. The van der Waals surface area contributed by atoms with Gasteiger partial charge in [-0.3, -0.25) is 10.1 Å². The van der Waals surface area contributed by atoms with E-state index in [0.29, 0.717) is 24.3 Å². The second-order valence-corrected chi connectivity index (χ2v) is 5.29. The Labute approximate surface area is 125 Å². The van der Waals surface area contributed by atoms with Crippen LogP contribution in [-0.2, 0) is 6.42 Å². The van der Waals surface area contributed by atoms with Gasteiger partial charge in [0.05, 0.1) is 4.92 Å². The third kappa shape index (κ3) is 1.89. The molecule has 0 bridgehead atoms. The molecule has 9 heteroatoms. The van der Waals surface area contributed by atoms with E-state index in [-0.39, 0.29) is 23.1 Å². The van der Waals surface area contributed by atoms with Crippen molar-refractivity contribution in [3.05, 3.63) is 27.6 Å². The van der Waals surface area contributed by atoms with Crippen LogP contribution in [0.3, 0.4) is 0 Å². The smallest absolute Gasteiger partial charge is 0.355 e. The second kappa shape index (κ2) is 4.93. The molecule has 0 radical (unpaired) electrons. The summed E-state index contributed by atoms with van der Waals surface area (Å²) < 4.78 is 1.39. The number of carboxylic acids is 1. The first-order valence-corrected chi connectivity index (χ1v) is 7.00. The predicted molar refractivity (Wildman–Crippen MR) is 77.4 cm³/mol. The Kier molecular flexibility index (Phi) is 3.19. The number of carbonyl (C=O) groups is 1. The summed E-state index contributed by atoms with van der Waals surface area (Å²) in [6.45, 7) is 4.71. The summed E-state index contributed by atoms with van der Waals surface area (Å²) in [5.74, 6) is -0.579. The molecule has 0 fully saturated rings. The average molecular weight is 305 g/mol. The van der Waals surface area contributed by atoms with Gasteiger partial charge in [-0.2, -0.15) is 9.61 Å². The summed E-state index contributed by atoms with van der Waals surface area (Å²) in [7, 11) is 0. The molecule has 1 aliphatic rings. The van der Waals surface area contributed by atoms with Crippen LogP contribution in [0.2, 0.25) is 0 Å². The van der Waals surface area contributed by atoms with E-state index in [2.05, 4.69) is 10.1 Å². The van der Waals surface area contributed by atoms with Crippen molar-refractivity contribution in [2.75, 3.05) is 11.4 Å². The van der Waals surface area contributed by atoms with Crippen molar-refractivity contribution in [2.24, 2.45) is 0 Å². The summed E-state index contributed by atoms with van der Waals surface area (Å²) in [5, 5.41) is 24.5. The largest absolute Gasteiger partial charge is 0.476 e. The summed E-state index contributed by atoms with van der Waals surface area (Å²) in [5.41, 5.74) is 0.132. The number of hydrogen-bond acceptors (Lipinski definition) is 6. The number of anilines is 1. The molecule has 1 N–H and O–H groups in total. The number of aromatic nitrogens is 3. The Bertz CT molecular complexity index is 784. The highest BCUT2D eigenvalue weighted by Gasteiger charge is 2.33. The number of nitro groups is 1. The van der Waals surface area contributed by atoms with Gasteiger partial charge in [-0.25, -0.2) is 9.78 Å². The molecule has 0 amide bonds. The molecular weight excluding hydrogens is 290 g/mol. The molecular formula is C13H15N5O4. The summed E-state index contributed by atoms with van der Waals surface area (Å²) in [6, 6.07) is 0.178. The zero-order valence-corrected chi connectivity index (χ0v) is 12.2. The van der Waals surface area contributed by atoms with Gasteiger partial charge in [-0.15, -0.1) is 0 Å². The molecule has 116 valence electrons. The van der Waals surface area contributed by atoms with Crippen LogP contribution >= 0.6 is 0 Å². The van der Waals surface area contributed by atoms with E-state index in [1.165, 1.54) is 4.52 Å². The Hall–Kier alpha value is -2.71. The molecule has 3 rings (SSSR count). The van der Waals surface area contributed by atoms with Crippen LogP contribution in [0, 0.1) is 10.1 Å². The van der Waals surface area contributed by atoms with Crippen LogP contribution in [0.15, 0.2) is 6.20 Å². The molecule has 0 aromatic carbocycles. The van der Waals surface area contributed by atoms with Crippen LogP contribution in [0.4, 0.5) is 11.5 Å². The number of hydrogen-bond donors (Lipinski definition) is 1. The van der Waals surface area contributed by atoms with Crippen molar-refractivity contribution < 1.29 is 14.8 Å². The van der Waals surface area contributed by atoms with E-state index in [9.17, 15) is 20.0 Å². The van der Waals surface area contributed by atoms with Crippen molar-refractivity contribution in [2.45, 2.75) is 32.7 Å². The van der Waals surface area contributed by atoms with Crippen LogP contribution in [-0.4, -0.2) is 43.2 Å². The third-order valence-corrected chi connectivity index (χ3v) is 4.10. The highest BCUT2D eigenvalue weighted by atomic mass is 16.6. The zero-order valence-electron chi connectivity index (χ0n) is 12.2. The first-order chi connectivity index (χ1) is 10.5. The molecule has 2 aromatic rings.